The van der Waals surface area contributed by atoms with E-state index in [0.717, 1.165) is 61.1 Å². The number of aryl methyl sites for hydroxylation is 1. The molecule has 1 saturated heterocycles. The molecule has 0 N–H and O–H groups in total. The number of nitrogens with zero attached hydrogens (tertiary/aromatic N) is 4. The van der Waals surface area contributed by atoms with E-state index in [-0.39, 0.29) is 6.10 Å². The normalized spacial score (nSPS) is 15.9. The molecule has 3 aromatic heterocycles. The molecule has 1 aliphatic rings. The zero-order valence-electron chi connectivity index (χ0n) is 14.8. The van der Waals surface area contributed by atoms with E-state index >= 15 is 0 Å². The second-order valence-corrected chi connectivity index (χ2v) is 6.52. The van der Waals surface area contributed by atoms with Crippen LogP contribution in [0.3, 0.4) is 0 Å². The van der Waals surface area contributed by atoms with Crippen molar-refractivity contribution in [1.29, 1.82) is 0 Å². The molecule has 4 heterocycles. The van der Waals surface area contributed by atoms with Gasteiger partial charge in [0.25, 0.3) is 0 Å². The Balaban J connectivity index is 1.38. The van der Waals surface area contributed by atoms with E-state index in [1.54, 1.807) is 18.6 Å². The Labute approximate surface area is 152 Å². The van der Waals surface area contributed by atoms with E-state index < -0.39 is 0 Å². The van der Waals surface area contributed by atoms with Gasteiger partial charge in [-0.1, -0.05) is 0 Å². The fourth-order valence-electron chi connectivity index (χ4n) is 3.28. The summed E-state index contributed by atoms with van der Waals surface area (Å²) in [6.07, 6.45) is 9.33. The summed E-state index contributed by atoms with van der Waals surface area (Å²) in [6.45, 7) is 4.64. The highest BCUT2D eigenvalue weighted by molar-refractivity contribution is 5.65. The van der Waals surface area contributed by atoms with Gasteiger partial charge in [0.2, 0.25) is 0 Å². The van der Waals surface area contributed by atoms with Crippen LogP contribution in [-0.2, 0) is 6.54 Å². The largest absolute Gasteiger partial charge is 0.488 e. The number of pyridine rings is 2. The van der Waals surface area contributed by atoms with Gasteiger partial charge in [-0.05, 0) is 37.1 Å². The van der Waals surface area contributed by atoms with Crippen LogP contribution < -0.4 is 4.74 Å². The number of hydrogen-bond acceptors (Lipinski definition) is 6. The Morgan fingerprint density at radius 2 is 1.92 bits per heavy atom. The van der Waals surface area contributed by atoms with Gasteiger partial charge in [0.05, 0.1) is 12.7 Å². The predicted octanol–water partition coefficient (Wildman–Crippen LogP) is 3.48. The fourth-order valence-corrected chi connectivity index (χ4v) is 3.28. The van der Waals surface area contributed by atoms with Crippen molar-refractivity contribution in [1.82, 2.24) is 19.9 Å². The zero-order valence-corrected chi connectivity index (χ0v) is 14.8. The average Bonchev–Trinajstić information content (AvgIpc) is 3.09. The molecule has 1 fully saturated rings. The van der Waals surface area contributed by atoms with Crippen LogP contribution in [0.5, 0.6) is 5.75 Å². The number of hydrogen-bond donors (Lipinski definition) is 0. The first-order chi connectivity index (χ1) is 12.8. The number of ether oxygens (including phenoxy) is 1. The predicted molar refractivity (Wildman–Crippen MR) is 97.6 cm³/mol. The van der Waals surface area contributed by atoms with Crippen molar-refractivity contribution in [2.75, 3.05) is 13.1 Å². The van der Waals surface area contributed by atoms with Crippen molar-refractivity contribution in [3.63, 3.8) is 0 Å². The molecule has 0 atom stereocenters. The molecule has 0 bridgehead atoms. The zero-order chi connectivity index (χ0) is 17.8. The van der Waals surface area contributed by atoms with E-state index in [9.17, 15) is 0 Å². The SMILES string of the molecule is Cc1ncc(CN2CCC(Oc3cccnc3-c3ccncc3)CC2)o1. The molecule has 0 saturated carbocycles. The molecule has 1 aliphatic heterocycles. The Morgan fingerprint density at radius 1 is 1.12 bits per heavy atom. The molecule has 4 rings (SSSR count). The Hall–Kier alpha value is -2.73. The van der Waals surface area contributed by atoms with E-state index in [2.05, 4.69) is 19.9 Å². The molecule has 0 aromatic carbocycles. The Morgan fingerprint density at radius 3 is 2.65 bits per heavy atom. The summed E-state index contributed by atoms with van der Waals surface area (Å²) in [5.74, 6) is 2.48. The summed E-state index contributed by atoms with van der Waals surface area (Å²) in [5.41, 5.74) is 1.89. The molecule has 0 aliphatic carbocycles. The topological polar surface area (TPSA) is 64.3 Å². The molecule has 0 spiro atoms. The average molecular weight is 350 g/mol. The maximum absolute atomic E-state index is 6.30. The smallest absolute Gasteiger partial charge is 0.191 e. The summed E-state index contributed by atoms with van der Waals surface area (Å²) in [6, 6.07) is 7.82. The Kier molecular flexibility index (Phi) is 4.93. The van der Waals surface area contributed by atoms with Crippen LogP contribution in [-0.4, -0.2) is 39.0 Å². The van der Waals surface area contributed by atoms with Gasteiger partial charge in [0.15, 0.2) is 5.89 Å². The second-order valence-electron chi connectivity index (χ2n) is 6.52. The van der Waals surface area contributed by atoms with Gasteiger partial charge in [0, 0.05) is 44.2 Å². The summed E-state index contributed by atoms with van der Waals surface area (Å²) in [7, 11) is 0. The molecular formula is C20H22N4O2. The molecule has 0 unspecified atom stereocenters. The molecule has 6 heteroatoms. The molecular weight excluding hydrogens is 328 g/mol. The molecule has 0 radical (unpaired) electrons. The van der Waals surface area contributed by atoms with Crippen LogP contribution >= 0.6 is 0 Å². The first kappa shape index (κ1) is 16.7. The number of aromatic nitrogens is 3. The number of likely N-dealkylation sites (tertiary alicyclic amines) is 1. The lowest BCUT2D eigenvalue weighted by Gasteiger charge is -2.31. The highest BCUT2D eigenvalue weighted by Gasteiger charge is 2.22. The summed E-state index contributed by atoms with van der Waals surface area (Å²) >= 11 is 0. The first-order valence-electron chi connectivity index (χ1n) is 8.93. The van der Waals surface area contributed by atoms with E-state index in [1.807, 2.05) is 37.4 Å². The van der Waals surface area contributed by atoms with Crippen LogP contribution in [0.15, 0.2) is 53.5 Å². The van der Waals surface area contributed by atoms with Gasteiger partial charge < -0.3 is 9.15 Å². The first-order valence-corrected chi connectivity index (χ1v) is 8.93. The summed E-state index contributed by atoms with van der Waals surface area (Å²) in [4.78, 5) is 15.1. The van der Waals surface area contributed by atoms with Crippen LogP contribution in [0.4, 0.5) is 0 Å². The minimum atomic E-state index is 0.201. The van der Waals surface area contributed by atoms with Crippen LogP contribution in [0, 0.1) is 6.92 Å². The van der Waals surface area contributed by atoms with Crippen LogP contribution in [0.1, 0.15) is 24.5 Å². The highest BCUT2D eigenvalue weighted by Crippen LogP contribution is 2.29. The van der Waals surface area contributed by atoms with E-state index in [0.29, 0.717) is 0 Å². The number of rotatable bonds is 5. The van der Waals surface area contributed by atoms with Gasteiger partial charge in [-0.15, -0.1) is 0 Å². The lowest BCUT2D eigenvalue weighted by atomic mass is 10.1. The van der Waals surface area contributed by atoms with Gasteiger partial charge in [-0.2, -0.15) is 0 Å². The third-order valence-corrected chi connectivity index (χ3v) is 4.60. The maximum atomic E-state index is 6.30. The lowest BCUT2D eigenvalue weighted by molar-refractivity contribution is 0.0929. The molecule has 26 heavy (non-hydrogen) atoms. The number of oxazole rings is 1. The van der Waals surface area contributed by atoms with Crippen molar-refractivity contribution in [3.05, 3.63) is 60.7 Å². The molecule has 6 nitrogen and oxygen atoms in total. The third-order valence-electron chi connectivity index (χ3n) is 4.60. The minimum absolute atomic E-state index is 0.201. The van der Waals surface area contributed by atoms with Gasteiger partial charge in [-0.3, -0.25) is 14.9 Å². The summed E-state index contributed by atoms with van der Waals surface area (Å²) < 4.78 is 11.9. The van der Waals surface area contributed by atoms with Gasteiger partial charge >= 0.3 is 0 Å². The van der Waals surface area contributed by atoms with Gasteiger partial charge in [-0.25, -0.2) is 4.98 Å². The van der Waals surface area contributed by atoms with Crippen molar-refractivity contribution >= 4 is 0 Å². The molecule has 0 amide bonds. The lowest BCUT2D eigenvalue weighted by Crippen LogP contribution is -2.37. The summed E-state index contributed by atoms with van der Waals surface area (Å²) in [5, 5.41) is 0. The number of piperidine rings is 1. The van der Waals surface area contributed by atoms with Crippen molar-refractivity contribution in [2.24, 2.45) is 0 Å². The maximum Gasteiger partial charge on any atom is 0.191 e. The second kappa shape index (κ2) is 7.66. The van der Waals surface area contributed by atoms with Crippen molar-refractivity contribution in [2.45, 2.75) is 32.4 Å². The monoisotopic (exact) mass is 350 g/mol. The quantitative estimate of drug-likeness (QED) is 0.702. The molecule has 3 aromatic rings. The van der Waals surface area contributed by atoms with Gasteiger partial charge in [0.1, 0.15) is 23.3 Å². The van der Waals surface area contributed by atoms with Crippen molar-refractivity contribution in [3.8, 4) is 17.0 Å². The van der Waals surface area contributed by atoms with E-state index in [4.69, 9.17) is 9.15 Å². The third kappa shape index (κ3) is 3.91. The fraction of sp³-hybridized carbons (Fsp3) is 0.350. The van der Waals surface area contributed by atoms with Crippen LogP contribution in [0.2, 0.25) is 0 Å². The standard InChI is InChI=1S/C20H22N4O2/c1-15-23-13-18(25-15)14-24-11-6-17(7-12-24)26-19-3-2-8-22-20(19)16-4-9-21-10-5-16/h2-5,8-10,13,17H,6-7,11-12,14H2,1H3. The van der Waals surface area contributed by atoms with Crippen LogP contribution in [0.25, 0.3) is 11.3 Å². The minimum Gasteiger partial charge on any atom is -0.488 e. The molecule has 134 valence electrons. The highest BCUT2D eigenvalue weighted by atomic mass is 16.5. The van der Waals surface area contributed by atoms with Crippen molar-refractivity contribution < 1.29 is 9.15 Å². The Bertz CT molecular complexity index is 842. The van der Waals surface area contributed by atoms with E-state index in [1.165, 1.54) is 0 Å².